The van der Waals surface area contributed by atoms with Crippen molar-refractivity contribution in [3.8, 4) is 6.07 Å². The van der Waals surface area contributed by atoms with Crippen LogP contribution in [0.2, 0.25) is 0 Å². The van der Waals surface area contributed by atoms with Crippen LogP contribution in [-0.2, 0) is 4.74 Å². The number of hydrogen-bond acceptors (Lipinski definition) is 4. The Bertz CT molecular complexity index is 525. The number of alkyl halides is 3. The zero-order valence-electron chi connectivity index (χ0n) is 8.84. The fourth-order valence-electron chi connectivity index (χ4n) is 1.12. The number of thioether (sulfide) groups is 1. The van der Waals surface area contributed by atoms with Crippen LogP contribution in [0.1, 0.15) is 15.9 Å². The number of halogens is 4. The Morgan fingerprint density at radius 2 is 2.11 bits per heavy atom. The van der Waals surface area contributed by atoms with Crippen LogP contribution in [0.3, 0.4) is 0 Å². The lowest BCUT2D eigenvalue weighted by Crippen LogP contribution is -2.06. The van der Waals surface area contributed by atoms with E-state index in [-0.39, 0.29) is 27.8 Å². The number of methoxy groups -OCH3 is 1. The first-order valence-electron chi connectivity index (χ1n) is 4.36. The van der Waals surface area contributed by atoms with Crippen molar-refractivity contribution in [2.75, 3.05) is 7.11 Å². The molecule has 0 unspecified atom stereocenters. The van der Waals surface area contributed by atoms with Crippen molar-refractivity contribution in [3.63, 3.8) is 0 Å². The van der Waals surface area contributed by atoms with Gasteiger partial charge in [-0.25, -0.2) is 4.79 Å². The molecule has 0 spiro atoms. The lowest BCUT2D eigenvalue weighted by Gasteiger charge is -2.10. The normalized spacial score (nSPS) is 10.9. The average molecular weight is 387 g/mol. The lowest BCUT2D eigenvalue weighted by atomic mass is 10.1. The summed E-state index contributed by atoms with van der Waals surface area (Å²) in [6, 6.07) is 3.87. The van der Waals surface area contributed by atoms with E-state index in [2.05, 4.69) is 4.74 Å². The molecule has 0 radical (unpaired) electrons. The van der Waals surface area contributed by atoms with Crippen LogP contribution in [0.4, 0.5) is 13.2 Å². The number of rotatable bonds is 2. The SMILES string of the molecule is COC(=O)c1cc(C#N)c(SC(F)(F)F)cc1I. The highest BCUT2D eigenvalue weighted by Gasteiger charge is 2.31. The van der Waals surface area contributed by atoms with Gasteiger partial charge in [-0.1, -0.05) is 0 Å². The van der Waals surface area contributed by atoms with Crippen LogP contribution < -0.4 is 0 Å². The second kappa shape index (κ2) is 5.79. The third kappa shape index (κ3) is 3.78. The number of esters is 1. The smallest absolute Gasteiger partial charge is 0.446 e. The van der Waals surface area contributed by atoms with Gasteiger partial charge in [-0.05, 0) is 46.5 Å². The van der Waals surface area contributed by atoms with Gasteiger partial charge in [-0.2, -0.15) is 18.4 Å². The maximum absolute atomic E-state index is 12.3. The summed E-state index contributed by atoms with van der Waals surface area (Å²) >= 11 is 1.33. The second-order valence-corrected chi connectivity index (χ2v) is 5.25. The molecule has 1 rings (SSSR count). The summed E-state index contributed by atoms with van der Waals surface area (Å²) in [6.07, 6.45) is 0. The fraction of sp³-hybridized carbons (Fsp3) is 0.200. The quantitative estimate of drug-likeness (QED) is 0.443. The summed E-state index contributed by atoms with van der Waals surface area (Å²) in [7, 11) is 1.16. The Balaban J connectivity index is 3.28. The molecular formula is C10H5F3INO2S. The number of ether oxygens (including phenoxy) is 1. The minimum Gasteiger partial charge on any atom is -0.465 e. The maximum atomic E-state index is 12.3. The minimum atomic E-state index is -4.48. The van der Waals surface area contributed by atoms with Gasteiger partial charge in [-0.15, -0.1) is 0 Å². The van der Waals surface area contributed by atoms with Crippen molar-refractivity contribution in [2.24, 2.45) is 0 Å². The highest BCUT2D eigenvalue weighted by Crippen LogP contribution is 2.39. The largest absolute Gasteiger partial charge is 0.465 e. The van der Waals surface area contributed by atoms with Crippen molar-refractivity contribution in [1.82, 2.24) is 0 Å². The molecule has 8 heteroatoms. The van der Waals surface area contributed by atoms with Gasteiger partial charge in [-0.3, -0.25) is 0 Å². The van der Waals surface area contributed by atoms with E-state index >= 15 is 0 Å². The molecule has 0 heterocycles. The number of carbonyl (C=O) groups excluding carboxylic acids is 1. The lowest BCUT2D eigenvalue weighted by molar-refractivity contribution is -0.0328. The van der Waals surface area contributed by atoms with Crippen LogP contribution >= 0.6 is 34.4 Å². The molecule has 1 aromatic carbocycles. The first-order chi connectivity index (χ1) is 8.28. The summed E-state index contributed by atoms with van der Waals surface area (Å²) in [6.45, 7) is 0. The monoisotopic (exact) mass is 387 g/mol. The van der Waals surface area contributed by atoms with Crippen molar-refractivity contribution in [1.29, 1.82) is 5.26 Å². The van der Waals surface area contributed by atoms with Gasteiger partial charge in [0.15, 0.2) is 0 Å². The number of nitriles is 1. The van der Waals surface area contributed by atoms with Gasteiger partial charge >= 0.3 is 11.5 Å². The predicted molar refractivity (Wildman–Crippen MR) is 67.1 cm³/mol. The van der Waals surface area contributed by atoms with Crippen LogP contribution in [0.15, 0.2) is 17.0 Å². The molecule has 0 saturated heterocycles. The number of carbonyl (C=O) groups is 1. The molecule has 0 saturated carbocycles. The van der Waals surface area contributed by atoms with Crippen molar-refractivity contribution in [2.45, 2.75) is 10.4 Å². The van der Waals surface area contributed by atoms with E-state index in [1.807, 2.05) is 0 Å². The van der Waals surface area contributed by atoms with Crippen molar-refractivity contribution >= 4 is 40.3 Å². The van der Waals surface area contributed by atoms with E-state index in [0.717, 1.165) is 19.2 Å². The summed E-state index contributed by atoms with van der Waals surface area (Å²) in [5, 5.41) is 8.80. The first kappa shape index (κ1) is 15.1. The second-order valence-electron chi connectivity index (χ2n) is 2.98. The maximum Gasteiger partial charge on any atom is 0.446 e. The molecule has 0 N–H and O–H groups in total. The summed E-state index contributed by atoms with van der Waals surface area (Å²) < 4.78 is 41.6. The van der Waals surface area contributed by atoms with Gasteiger partial charge in [0.05, 0.1) is 18.2 Å². The molecule has 0 aliphatic heterocycles. The number of benzene rings is 1. The molecule has 0 aliphatic carbocycles. The average Bonchev–Trinajstić information content (AvgIpc) is 2.26. The number of nitrogens with zero attached hydrogens (tertiary/aromatic N) is 1. The van der Waals surface area contributed by atoms with Gasteiger partial charge in [0, 0.05) is 8.47 Å². The van der Waals surface area contributed by atoms with Crippen LogP contribution in [0.25, 0.3) is 0 Å². The molecule has 0 fully saturated rings. The molecular weight excluding hydrogens is 382 g/mol. The first-order valence-corrected chi connectivity index (χ1v) is 6.25. The van der Waals surface area contributed by atoms with Crippen LogP contribution in [-0.4, -0.2) is 18.6 Å². The molecule has 0 bridgehead atoms. The summed E-state index contributed by atoms with van der Waals surface area (Å²) in [5.74, 6) is -0.695. The third-order valence-corrected chi connectivity index (χ3v) is 3.50. The van der Waals surface area contributed by atoms with Crippen molar-refractivity contribution in [3.05, 3.63) is 26.8 Å². The fourth-order valence-corrected chi connectivity index (χ4v) is 2.66. The zero-order chi connectivity index (χ0) is 13.9. The molecule has 0 aliphatic rings. The van der Waals surface area contributed by atoms with E-state index < -0.39 is 11.5 Å². The Kier molecular flexibility index (Phi) is 4.86. The minimum absolute atomic E-state index is 0.0705. The van der Waals surface area contributed by atoms with Crippen LogP contribution in [0.5, 0.6) is 0 Å². The van der Waals surface area contributed by atoms with Gasteiger partial charge in [0.25, 0.3) is 0 Å². The standard InChI is InChI=1S/C10H5F3INO2S/c1-17-9(16)6-2-5(4-15)8(3-7(6)14)18-10(11,12)13/h2-3H,1H3. The van der Waals surface area contributed by atoms with E-state index in [0.29, 0.717) is 3.57 Å². The molecule has 96 valence electrons. The summed E-state index contributed by atoms with van der Waals surface area (Å²) in [5.41, 5.74) is -4.62. The van der Waals surface area contributed by atoms with Gasteiger partial charge in [0.2, 0.25) is 0 Å². The Morgan fingerprint density at radius 3 is 2.56 bits per heavy atom. The Labute approximate surface area is 118 Å². The highest BCUT2D eigenvalue weighted by atomic mass is 127. The van der Waals surface area contributed by atoms with Gasteiger partial charge < -0.3 is 4.74 Å². The molecule has 3 nitrogen and oxygen atoms in total. The van der Waals surface area contributed by atoms with E-state index in [9.17, 15) is 18.0 Å². The highest BCUT2D eigenvalue weighted by molar-refractivity contribution is 14.1. The topological polar surface area (TPSA) is 50.1 Å². The Hall–Kier alpha value is -0.950. The van der Waals surface area contributed by atoms with E-state index in [4.69, 9.17) is 5.26 Å². The molecule has 0 amide bonds. The molecule has 0 aromatic heterocycles. The molecule has 1 aromatic rings. The molecule has 0 atom stereocenters. The summed E-state index contributed by atoms with van der Waals surface area (Å²) in [4.78, 5) is 11.1. The zero-order valence-corrected chi connectivity index (χ0v) is 11.8. The van der Waals surface area contributed by atoms with E-state index in [1.165, 1.54) is 0 Å². The Morgan fingerprint density at radius 1 is 1.50 bits per heavy atom. The predicted octanol–water partition coefficient (Wildman–Crippen LogP) is 3.56. The van der Waals surface area contributed by atoms with Crippen LogP contribution in [0, 0.1) is 14.9 Å². The van der Waals surface area contributed by atoms with E-state index in [1.54, 1.807) is 28.7 Å². The molecule has 18 heavy (non-hydrogen) atoms. The third-order valence-electron chi connectivity index (χ3n) is 1.82. The van der Waals surface area contributed by atoms with Crippen molar-refractivity contribution < 1.29 is 22.7 Å². The van der Waals surface area contributed by atoms with Gasteiger partial charge in [0.1, 0.15) is 6.07 Å². The number of hydrogen-bond donors (Lipinski definition) is 0.